The van der Waals surface area contributed by atoms with Gasteiger partial charge < -0.3 is 4.57 Å². The maximum atomic E-state index is 6.11. The molecular formula is C14H13Cl2N3S. The zero-order valence-corrected chi connectivity index (χ0v) is 13.4. The van der Waals surface area contributed by atoms with Crippen LogP contribution < -0.4 is 0 Å². The van der Waals surface area contributed by atoms with Gasteiger partial charge in [0, 0.05) is 16.1 Å². The molecule has 3 nitrogen and oxygen atoms in total. The maximum absolute atomic E-state index is 6.11. The van der Waals surface area contributed by atoms with Gasteiger partial charge in [-0.25, -0.2) is 9.97 Å². The Balaban J connectivity index is 2.20. The lowest BCUT2D eigenvalue weighted by Crippen LogP contribution is -2.09. The van der Waals surface area contributed by atoms with Crippen LogP contribution in [-0.4, -0.2) is 14.5 Å². The van der Waals surface area contributed by atoms with Gasteiger partial charge in [-0.2, -0.15) is 0 Å². The quantitative estimate of drug-likeness (QED) is 0.647. The van der Waals surface area contributed by atoms with Crippen LogP contribution in [0.2, 0.25) is 5.02 Å². The molecular weight excluding hydrogens is 313 g/mol. The normalized spacial score (nSPS) is 13.0. The van der Waals surface area contributed by atoms with E-state index in [1.165, 1.54) is 0 Å². The van der Waals surface area contributed by atoms with Gasteiger partial charge in [-0.3, -0.25) is 0 Å². The van der Waals surface area contributed by atoms with Crippen LogP contribution in [0, 0.1) is 6.92 Å². The Bertz CT molecular complexity index is 763. The second kappa shape index (κ2) is 5.35. The number of alkyl halides is 1. The molecule has 20 heavy (non-hydrogen) atoms. The molecule has 6 heteroatoms. The standard InChI is InChI=1S/C14H13Cl2N3S/c1-8-7-20-14(17-8)9(2)19-12-5-10(16)3-4-11(12)18-13(19)6-15/h3-5,7,9H,6H2,1-2H3. The molecule has 3 rings (SSSR count). The van der Waals surface area contributed by atoms with Crippen LogP contribution in [-0.2, 0) is 5.88 Å². The van der Waals surface area contributed by atoms with Crippen LogP contribution in [0.4, 0.5) is 0 Å². The molecule has 2 heterocycles. The van der Waals surface area contributed by atoms with Crippen molar-refractivity contribution < 1.29 is 0 Å². The second-order valence-electron chi connectivity index (χ2n) is 4.67. The fourth-order valence-electron chi connectivity index (χ4n) is 2.32. The Morgan fingerprint density at radius 1 is 1.35 bits per heavy atom. The molecule has 1 aromatic carbocycles. The Hall–Kier alpha value is -1.10. The number of thiazole rings is 1. The number of hydrogen-bond acceptors (Lipinski definition) is 3. The molecule has 104 valence electrons. The smallest absolute Gasteiger partial charge is 0.125 e. The van der Waals surface area contributed by atoms with Gasteiger partial charge in [0.2, 0.25) is 0 Å². The molecule has 0 amide bonds. The first-order valence-electron chi connectivity index (χ1n) is 6.24. The predicted octanol–water partition coefficient (Wildman–Crippen LogP) is 4.80. The first-order chi connectivity index (χ1) is 9.60. The van der Waals surface area contributed by atoms with Gasteiger partial charge >= 0.3 is 0 Å². The van der Waals surface area contributed by atoms with Gasteiger partial charge in [0.1, 0.15) is 10.8 Å². The molecule has 0 N–H and O–H groups in total. The Morgan fingerprint density at radius 2 is 2.15 bits per heavy atom. The third-order valence-corrected chi connectivity index (χ3v) is 4.83. The molecule has 0 aliphatic heterocycles. The number of imidazole rings is 1. The number of fused-ring (bicyclic) bond motifs is 1. The molecule has 0 fully saturated rings. The van der Waals surface area contributed by atoms with Gasteiger partial charge in [0.05, 0.1) is 23.0 Å². The number of aryl methyl sites for hydroxylation is 1. The third-order valence-electron chi connectivity index (χ3n) is 3.23. The Morgan fingerprint density at radius 3 is 2.80 bits per heavy atom. The highest BCUT2D eigenvalue weighted by atomic mass is 35.5. The van der Waals surface area contributed by atoms with Gasteiger partial charge in [-0.15, -0.1) is 22.9 Å². The number of benzene rings is 1. The Kier molecular flexibility index (Phi) is 3.71. The van der Waals surface area contributed by atoms with Gasteiger partial charge in [0.15, 0.2) is 0 Å². The van der Waals surface area contributed by atoms with Crippen molar-refractivity contribution in [2.45, 2.75) is 25.8 Å². The van der Waals surface area contributed by atoms with E-state index in [0.29, 0.717) is 10.9 Å². The minimum Gasteiger partial charge on any atom is -0.317 e. The van der Waals surface area contributed by atoms with E-state index in [-0.39, 0.29) is 6.04 Å². The fraction of sp³-hybridized carbons (Fsp3) is 0.286. The lowest BCUT2D eigenvalue weighted by atomic mass is 10.2. The van der Waals surface area contributed by atoms with Crippen molar-refractivity contribution in [3.05, 3.63) is 45.1 Å². The summed E-state index contributed by atoms with van der Waals surface area (Å²) in [7, 11) is 0. The highest BCUT2D eigenvalue weighted by molar-refractivity contribution is 7.09. The average molecular weight is 326 g/mol. The SMILES string of the molecule is Cc1csc(C(C)n2c(CCl)nc3ccc(Cl)cc32)n1. The van der Waals surface area contributed by atoms with Crippen molar-refractivity contribution in [3.8, 4) is 0 Å². The molecule has 0 bridgehead atoms. The number of nitrogens with zero attached hydrogens (tertiary/aromatic N) is 3. The van der Waals surface area contributed by atoms with Crippen LogP contribution in [0.25, 0.3) is 11.0 Å². The summed E-state index contributed by atoms with van der Waals surface area (Å²) >= 11 is 13.8. The third kappa shape index (κ3) is 2.32. The molecule has 0 saturated carbocycles. The predicted molar refractivity (Wildman–Crippen MR) is 85.0 cm³/mol. The van der Waals surface area contributed by atoms with E-state index in [9.17, 15) is 0 Å². The van der Waals surface area contributed by atoms with Crippen molar-refractivity contribution in [1.29, 1.82) is 0 Å². The summed E-state index contributed by atoms with van der Waals surface area (Å²) in [5.74, 6) is 1.20. The minimum absolute atomic E-state index is 0.0888. The molecule has 0 saturated heterocycles. The topological polar surface area (TPSA) is 30.7 Å². The van der Waals surface area contributed by atoms with Crippen LogP contribution in [0.1, 0.15) is 29.5 Å². The monoisotopic (exact) mass is 325 g/mol. The Labute approximate surface area is 131 Å². The van der Waals surface area contributed by atoms with Crippen LogP contribution >= 0.6 is 34.5 Å². The highest BCUT2D eigenvalue weighted by Crippen LogP contribution is 2.30. The van der Waals surface area contributed by atoms with Crippen LogP contribution in [0.3, 0.4) is 0 Å². The highest BCUT2D eigenvalue weighted by Gasteiger charge is 2.19. The number of hydrogen-bond donors (Lipinski definition) is 0. The average Bonchev–Trinajstić information content (AvgIpc) is 3.01. The lowest BCUT2D eigenvalue weighted by molar-refractivity contribution is 0.628. The summed E-state index contributed by atoms with van der Waals surface area (Å²) < 4.78 is 2.12. The summed E-state index contributed by atoms with van der Waals surface area (Å²) in [5.41, 5.74) is 2.94. The molecule has 0 aliphatic carbocycles. The molecule has 1 atom stereocenters. The first-order valence-corrected chi connectivity index (χ1v) is 8.03. The van der Waals surface area contributed by atoms with Gasteiger partial charge in [-0.1, -0.05) is 11.6 Å². The van der Waals surface area contributed by atoms with E-state index in [4.69, 9.17) is 23.2 Å². The zero-order valence-electron chi connectivity index (χ0n) is 11.1. The van der Waals surface area contributed by atoms with Crippen molar-refractivity contribution in [3.63, 3.8) is 0 Å². The van der Waals surface area contributed by atoms with Crippen LogP contribution in [0.15, 0.2) is 23.6 Å². The van der Waals surface area contributed by atoms with Crippen molar-refractivity contribution in [1.82, 2.24) is 14.5 Å². The van der Waals surface area contributed by atoms with E-state index in [0.717, 1.165) is 27.6 Å². The number of halogens is 2. The summed E-state index contributed by atoms with van der Waals surface area (Å²) in [6.45, 7) is 4.11. The molecule has 0 aliphatic rings. The van der Waals surface area contributed by atoms with E-state index < -0.39 is 0 Å². The molecule has 1 unspecified atom stereocenters. The zero-order chi connectivity index (χ0) is 14.3. The van der Waals surface area contributed by atoms with Crippen LogP contribution in [0.5, 0.6) is 0 Å². The van der Waals surface area contributed by atoms with Crippen molar-refractivity contribution in [2.75, 3.05) is 0 Å². The number of aromatic nitrogens is 3. The van der Waals surface area contributed by atoms with E-state index in [1.807, 2.05) is 25.1 Å². The van der Waals surface area contributed by atoms with Gasteiger partial charge in [0.25, 0.3) is 0 Å². The van der Waals surface area contributed by atoms with Crippen molar-refractivity contribution >= 4 is 45.6 Å². The number of rotatable bonds is 3. The maximum Gasteiger partial charge on any atom is 0.125 e. The first kappa shape index (κ1) is 13.9. The largest absolute Gasteiger partial charge is 0.317 e. The summed E-state index contributed by atoms with van der Waals surface area (Å²) in [6, 6.07) is 5.78. The summed E-state index contributed by atoms with van der Waals surface area (Å²) in [4.78, 5) is 9.14. The summed E-state index contributed by atoms with van der Waals surface area (Å²) in [6.07, 6.45) is 0. The minimum atomic E-state index is 0.0888. The molecule has 3 aromatic rings. The van der Waals surface area contributed by atoms with E-state index in [1.54, 1.807) is 11.3 Å². The second-order valence-corrected chi connectivity index (χ2v) is 6.26. The fourth-order valence-corrected chi connectivity index (χ4v) is 3.51. The molecule has 2 aromatic heterocycles. The van der Waals surface area contributed by atoms with Crippen molar-refractivity contribution in [2.24, 2.45) is 0 Å². The molecule has 0 spiro atoms. The molecule has 0 radical (unpaired) electrons. The lowest BCUT2D eigenvalue weighted by Gasteiger charge is -2.14. The summed E-state index contributed by atoms with van der Waals surface area (Å²) in [5, 5.41) is 3.80. The van der Waals surface area contributed by atoms with E-state index >= 15 is 0 Å². The van der Waals surface area contributed by atoms with Gasteiger partial charge in [-0.05, 0) is 32.0 Å². The van der Waals surface area contributed by atoms with E-state index in [2.05, 4.69) is 26.8 Å².